The monoisotopic (exact) mass is 262 g/mol. The van der Waals surface area contributed by atoms with Gasteiger partial charge in [-0.15, -0.1) is 0 Å². The van der Waals surface area contributed by atoms with E-state index in [4.69, 9.17) is 21.4 Å². The molecule has 0 aliphatic carbocycles. The summed E-state index contributed by atoms with van der Waals surface area (Å²) in [7, 11) is 0. The van der Waals surface area contributed by atoms with E-state index < -0.39 is 0 Å². The van der Waals surface area contributed by atoms with Crippen molar-refractivity contribution in [2.24, 2.45) is 0 Å². The second-order valence-electron chi connectivity index (χ2n) is 4.01. The van der Waals surface area contributed by atoms with Crippen molar-refractivity contribution in [3.63, 3.8) is 0 Å². The van der Waals surface area contributed by atoms with Gasteiger partial charge in [-0.05, 0) is 23.3 Å². The van der Waals surface area contributed by atoms with Gasteiger partial charge in [0, 0.05) is 6.42 Å². The predicted molar refractivity (Wildman–Crippen MR) is 73.0 cm³/mol. The second-order valence-corrected chi connectivity index (χ2v) is 4.41. The van der Waals surface area contributed by atoms with Crippen molar-refractivity contribution in [1.82, 2.24) is 0 Å². The Morgan fingerprint density at radius 3 is 2.44 bits per heavy atom. The number of rotatable bonds is 5. The van der Waals surface area contributed by atoms with Crippen LogP contribution in [0.4, 0.5) is 0 Å². The Balaban J connectivity index is 1.91. The molecule has 1 N–H and O–H groups in total. The van der Waals surface area contributed by atoms with E-state index in [1.807, 2.05) is 24.3 Å². The van der Waals surface area contributed by atoms with Gasteiger partial charge in [0.25, 0.3) is 0 Å². The van der Waals surface area contributed by atoms with Crippen LogP contribution in [0.15, 0.2) is 48.5 Å². The van der Waals surface area contributed by atoms with E-state index >= 15 is 0 Å². The number of hydrogen-bond acceptors (Lipinski definition) is 2. The molecule has 0 saturated carbocycles. The summed E-state index contributed by atoms with van der Waals surface area (Å²) in [4.78, 5) is 0. The SMILES string of the molecule is OCc1ccc(OCCc2ccccc2)c(Cl)c1. The quantitative estimate of drug-likeness (QED) is 0.894. The summed E-state index contributed by atoms with van der Waals surface area (Å²) < 4.78 is 5.63. The van der Waals surface area contributed by atoms with Gasteiger partial charge in [0.15, 0.2) is 0 Å². The fourth-order valence-electron chi connectivity index (χ4n) is 1.68. The van der Waals surface area contributed by atoms with Gasteiger partial charge in [0.05, 0.1) is 18.2 Å². The zero-order chi connectivity index (χ0) is 12.8. The van der Waals surface area contributed by atoms with Crippen molar-refractivity contribution in [2.45, 2.75) is 13.0 Å². The summed E-state index contributed by atoms with van der Waals surface area (Å²) in [6.45, 7) is 0.576. The second kappa shape index (κ2) is 6.43. The van der Waals surface area contributed by atoms with E-state index in [9.17, 15) is 0 Å². The minimum atomic E-state index is -0.00991. The third-order valence-corrected chi connectivity index (χ3v) is 2.97. The predicted octanol–water partition coefficient (Wildman–Crippen LogP) is 3.45. The van der Waals surface area contributed by atoms with Gasteiger partial charge in [0.2, 0.25) is 0 Å². The molecule has 2 nitrogen and oxygen atoms in total. The van der Waals surface area contributed by atoms with Gasteiger partial charge in [-0.2, -0.15) is 0 Å². The van der Waals surface area contributed by atoms with Crippen LogP contribution in [0.2, 0.25) is 5.02 Å². The van der Waals surface area contributed by atoms with E-state index in [1.54, 1.807) is 12.1 Å². The molecule has 0 unspecified atom stereocenters. The molecule has 2 aromatic rings. The molecule has 0 aliphatic heterocycles. The van der Waals surface area contributed by atoms with Crippen molar-refractivity contribution in [3.8, 4) is 5.75 Å². The summed E-state index contributed by atoms with van der Waals surface area (Å²) >= 11 is 6.05. The highest BCUT2D eigenvalue weighted by atomic mass is 35.5. The average molecular weight is 263 g/mol. The highest BCUT2D eigenvalue weighted by Crippen LogP contribution is 2.25. The van der Waals surface area contributed by atoms with Gasteiger partial charge in [0.1, 0.15) is 5.75 Å². The van der Waals surface area contributed by atoms with Crippen LogP contribution in [0.3, 0.4) is 0 Å². The highest BCUT2D eigenvalue weighted by Gasteiger charge is 2.02. The zero-order valence-electron chi connectivity index (χ0n) is 9.97. The molecule has 2 aromatic carbocycles. The Bertz CT molecular complexity index is 497. The summed E-state index contributed by atoms with van der Waals surface area (Å²) in [6, 6.07) is 15.5. The average Bonchev–Trinajstić information content (AvgIpc) is 2.42. The molecule has 0 aliphatic rings. The van der Waals surface area contributed by atoms with Crippen molar-refractivity contribution in [3.05, 3.63) is 64.7 Å². The summed E-state index contributed by atoms with van der Waals surface area (Å²) in [6.07, 6.45) is 0.846. The first-order valence-corrected chi connectivity index (χ1v) is 6.23. The molecule has 0 bridgehead atoms. The van der Waals surface area contributed by atoms with Gasteiger partial charge >= 0.3 is 0 Å². The maximum atomic E-state index is 8.98. The Hall–Kier alpha value is -1.51. The lowest BCUT2D eigenvalue weighted by atomic mass is 10.2. The van der Waals surface area contributed by atoms with Crippen LogP contribution in [0, 0.1) is 0 Å². The molecule has 0 radical (unpaired) electrons. The van der Waals surface area contributed by atoms with Gasteiger partial charge in [-0.25, -0.2) is 0 Å². The van der Waals surface area contributed by atoms with Gasteiger partial charge < -0.3 is 9.84 Å². The fourth-order valence-corrected chi connectivity index (χ4v) is 1.94. The van der Waals surface area contributed by atoms with E-state index in [2.05, 4.69) is 12.1 Å². The molecule has 18 heavy (non-hydrogen) atoms. The van der Waals surface area contributed by atoms with Crippen LogP contribution < -0.4 is 4.74 Å². The largest absolute Gasteiger partial charge is 0.492 e. The van der Waals surface area contributed by atoms with Crippen LogP contribution in [0.25, 0.3) is 0 Å². The van der Waals surface area contributed by atoms with Crippen molar-refractivity contribution >= 4 is 11.6 Å². The first-order chi connectivity index (χ1) is 8.79. The number of aliphatic hydroxyl groups excluding tert-OH is 1. The smallest absolute Gasteiger partial charge is 0.137 e. The lowest BCUT2D eigenvalue weighted by molar-refractivity contribution is 0.281. The van der Waals surface area contributed by atoms with Gasteiger partial charge in [-0.3, -0.25) is 0 Å². The Kier molecular flexibility index (Phi) is 4.62. The van der Waals surface area contributed by atoms with Crippen molar-refractivity contribution in [1.29, 1.82) is 0 Å². The van der Waals surface area contributed by atoms with Crippen LogP contribution >= 0.6 is 11.6 Å². The standard InChI is InChI=1S/C15H15ClO2/c16-14-10-13(11-17)6-7-15(14)18-9-8-12-4-2-1-3-5-12/h1-7,10,17H,8-9,11H2. The normalized spacial score (nSPS) is 10.3. The summed E-state index contributed by atoms with van der Waals surface area (Å²) in [5, 5.41) is 9.51. The molecule has 0 heterocycles. The molecule has 0 fully saturated rings. The van der Waals surface area contributed by atoms with Crippen LogP contribution in [-0.4, -0.2) is 11.7 Å². The molecule has 0 aromatic heterocycles. The number of halogens is 1. The maximum absolute atomic E-state index is 8.98. The molecule has 94 valence electrons. The highest BCUT2D eigenvalue weighted by molar-refractivity contribution is 6.32. The molecule has 3 heteroatoms. The summed E-state index contributed by atoms with van der Waals surface area (Å²) in [5.41, 5.74) is 2.02. The first kappa shape index (κ1) is 12.9. The fraction of sp³-hybridized carbons (Fsp3) is 0.200. The zero-order valence-corrected chi connectivity index (χ0v) is 10.7. The third kappa shape index (κ3) is 3.49. The lowest BCUT2D eigenvalue weighted by Gasteiger charge is -2.09. The molecule has 0 spiro atoms. The van der Waals surface area contributed by atoms with E-state index in [0.29, 0.717) is 17.4 Å². The Morgan fingerprint density at radius 1 is 1.00 bits per heavy atom. The van der Waals surface area contributed by atoms with Crippen LogP contribution in [0.5, 0.6) is 5.75 Å². The Morgan fingerprint density at radius 2 is 1.78 bits per heavy atom. The molecular formula is C15H15ClO2. The maximum Gasteiger partial charge on any atom is 0.137 e. The number of hydrogen-bond donors (Lipinski definition) is 1. The first-order valence-electron chi connectivity index (χ1n) is 5.85. The summed E-state index contributed by atoms with van der Waals surface area (Å²) in [5.74, 6) is 0.657. The van der Waals surface area contributed by atoms with Crippen LogP contribution in [-0.2, 0) is 13.0 Å². The third-order valence-electron chi connectivity index (χ3n) is 2.67. The van der Waals surface area contributed by atoms with E-state index in [0.717, 1.165) is 12.0 Å². The minimum absolute atomic E-state index is 0.00991. The van der Waals surface area contributed by atoms with E-state index in [1.165, 1.54) is 5.56 Å². The Labute approximate surface area is 112 Å². The lowest BCUT2D eigenvalue weighted by Crippen LogP contribution is -2.01. The van der Waals surface area contributed by atoms with Crippen molar-refractivity contribution < 1.29 is 9.84 Å². The molecular weight excluding hydrogens is 248 g/mol. The van der Waals surface area contributed by atoms with Crippen LogP contribution in [0.1, 0.15) is 11.1 Å². The molecule has 2 rings (SSSR count). The minimum Gasteiger partial charge on any atom is -0.492 e. The molecule has 0 saturated heterocycles. The van der Waals surface area contributed by atoms with Gasteiger partial charge in [-0.1, -0.05) is 48.0 Å². The molecule has 0 atom stereocenters. The number of aliphatic hydroxyl groups is 1. The van der Waals surface area contributed by atoms with Crippen molar-refractivity contribution in [2.75, 3.05) is 6.61 Å². The topological polar surface area (TPSA) is 29.5 Å². The molecule has 0 amide bonds. The number of benzene rings is 2. The van der Waals surface area contributed by atoms with E-state index in [-0.39, 0.29) is 6.61 Å². The number of ether oxygens (including phenoxy) is 1.